The van der Waals surface area contributed by atoms with Crippen LogP contribution in [0.15, 0.2) is 24.3 Å². The summed E-state index contributed by atoms with van der Waals surface area (Å²) < 4.78 is 12.7. The molecule has 1 aromatic carbocycles. The fourth-order valence-electron chi connectivity index (χ4n) is 1.30. The van der Waals surface area contributed by atoms with Crippen molar-refractivity contribution >= 4 is 5.91 Å². The van der Waals surface area contributed by atoms with Crippen molar-refractivity contribution in [2.45, 2.75) is 25.9 Å². The molecule has 0 radical (unpaired) electrons. The molecule has 3 nitrogen and oxygen atoms in total. The van der Waals surface area contributed by atoms with Crippen molar-refractivity contribution in [2.24, 2.45) is 0 Å². The first-order chi connectivity index (χ1) is 7.54. The van der Waals surface area contributed by atoms with E-state index >= 15 is 0 Å². The standard InChI is InChI=1S/C12H17FN2O/c1-8(15-12(16)9(2)14-3)10-4-6-11(13)7-5-10/h4-9,14H,1-3H3,(H,15,16)/t8-,9?/m1/s1. The molecular weight excluding hydrogens is 207 g/mol. The van der Waals surface area contributed by atoms with E-state index in [0.717, 1.165) is 5.56 Å². The van der Waals surface area contributed by atoms with Crippen LogP contribution < -0.4 is 10.6 Å². The summed E-state index contributed by atoms with van der Waals surface area (Å²) in [4.78, 5) is 11.6. The van der Waals surface area contributed by atoms with Gasteiger partial charge in [0, 0.05) is 0 Å². The highest BCUT2D eigenvalue weighted by Gasteiger charge is 2.14. The van der Waals surface area contributed by atoms with Gasteiger partial charge in [-0.15, -0.1) is 0 Å². The molecule has 1 amide bonds. The van der Waals surface area contributed by atoms with E-state index in [9.17, 15) is 9.18 Å². The predicted octanol–water partition coefficient (Wildman–Crippen LogP) is 1.61. The highest BCUT2D eigenvalue weighted by atomic mass is 19.1. The number of rotatable bonds is 4. The van der Waals surface area contributed by atoms with E-state index in [2.05, 4.69) is 10.6 Å². The van der Waals surface area contributed by atoms with E-state index < -0.39 is 0 Å². The maximum Gasteiger partial charge on any atom is 0.237 e. The van der Waals surface area contributed by atoms with Crippen LogP contribution in [0.4, 0.5) is 4.39 Å². The minimum Gasteiger partial charge on any atom is -0.348 e. The van der Waals surface area contributed by atoms with Gasteiger partial charge < -0.3 is 10.6 Å². The summed E-state index contributed by atoms with van der Waals surface area (Å²) in [5.41, 5.74) is 0.887. The topological polar surface area (TPSA) is 41.1 Å². The Balaban J connectivity index is 2.62. The molecule has 0 aliphatic heterocycles. The molecule has 0 fully saturated rings. The molecule has 4 heteroatoms. The monoisotopic (exact) mass is 224 g/mol. The van der Waals surface area contributed by atoms with Gasteiger partial charge in [0.15, 0.2) is 0 Å². The molecule has 0 aromatic heterocycles. The Labute approximate surface area is 95.0 Å². The van der Waals surface area contributed by atoms with Crippen molar-refractivity contribution in [1.29, 1.82) is 0 Å². The van der Waals surface area contributed by atoms with Crippen molar-refractivity contribution in [3.63, 3.8) is 0 Å². The average Bonchev–Trinajstić information content (AvgIpc) is 2.28. The summed E-state index contributed by atoms with van der Waals surface area (Å²) in [6.07, 6.45) is 0. The molecule has 0 aliphatic carbocycles. The lowest BCUT2D eigenvalue weighted by atomic mass is 10.1. The van der Waals surface area contributed by atoms with E-state index in [0.29, 0.717) is 0 Å². The van der Waals surface area contributed by atoms with Crippen molar-refractivity contribution in [2.75, 3.05) is 7.05 Å². The lowest BCUT2D eigenvalue weighted by molar-refractivity contribution is -0.123. The van der Waals surface area contributed by atoms with Crippen LogP contribution in [-0.4, -0.2) is 19.0 Å². The van der Waals surface area contributed by atoms with E-state index in [1.54, 1.807) is 26.1 Å². The molecule has 1 rings (SSSR count). The van der Waals surface area contributed by atoms with E-state index in [4.69, 9.17) is 0 Å². The zero-order valence-corrected chi connectivity index (χ0v) is 9.75. The molecular formula is C12H17FN2O. The van der Waals surface area contributed by atoms with Crippen molar-refractivity contribution < 1.29 is 9.18 Å². The lowest BCUT2D eigenvalue weighted by Crippen LogP contribution is -2.41. The van der Waals surface area contributed by atoms with Gasteiger partial charge in [-0.05, 0) is 38.6 Å². The van der Waals surface area contributed by atoms with E-state index in [1.807, 2.05) is 6.92 Å². The summed E-state index contributed by atoms with van der Waals surface area (Å²) in [5.74, 6) is -0.342. The predicted molar refractivity (Wildman–Crippen MR) is 61.5 cm³/mol. The third kappa shape index (κ3) is 3.31. The first-order valence-electron chi connectivity index (χ1n) is 5.27. The molecule has 2 atom stereocenters. The molecule has 0 bridgehead atoms. The van der Waals surface area contributed by atoms with Crippen LogP contribution in [-0.2, 0) is 4.79 Å². The quantitative estimate of drug-likeness (QED) is 0.815. The third-order valence-electron chi connectivity index (χ3n) is 2.56. The van der Waals surface area contributed by atoms with Gasteiger partial charge in [0.2, 0.25) is 5.91 Å². The fraction of sp³-hybridized carbons (Fsp3) is 0.417. The second kappa shape index (κ2) is 5.61. The molecule has 1 unspecified atom stereocenters. The molecule has 2 N–H and O–H groups in total. The van der Waals surface area contributed by atoms with Gasteiger partial charge in [-0.3, -0.25) is 4.79 Å². The Bertz CT molecular complexity index is 351. The summed E-state index contributed by atoms with van der Waals surface area (Å²) in [6.45, 7) is 3.65. The molecule has 0 heterocycles. The number of likely N-dealkylation sites (N-methyl/N-ethyl adjacent to an activating group) is 1. The molecule has 0 spiro atoms. The summed E-state index contributed by atoms with van der Waals surface area (Å²) in [5, 5.41) is 5.70. The lowest BCUT2D eigenvalue weighted by Gasteiger charge is -2.17. The van der Waals surface area contributed by atoms with Gasteiger partial charge in [-0.2, -0.15) is 0 Å². The maximum atomic E-state index is 12.7. The summed E-state index contributed by atoms with van der Waals surface area (Å²) >= 11 is 0. The Hall–Kier alpha value is -1.42. The second-order valence-corrected chi connectivity index (χ2v) is 3.79. The Morgan fingerprint density at radius 2 is 1.81 bits per heavy atom. The molecule has 0 saturated heterocycles. The van der Waals surface area contributed by atoms with E-state index in [-0.39, 0.29) is 23.8 Å². The number of nitrogens with one attached hydrogen (secondary N) is 2. The van der Waals surface area contributed by atoms with Gasteiger partial charge >= 0.3 is 0 Å². The van der Waals surface area contributed by atoms with Crippen LogP contribution in [0.3, 0.4) is 0 Å². The van der Waals surface area contributed by atoms with Crippen LogP contribution in [0, 0.1) is 5.82 Å². The summed E-state index contributed by atoms with van der Waals surface area (Å²) in [7, 11) is 1.73. The van der Waals surface area contributed by atoms with Gasteiger partial charge in [-0.1, -0.05) is 12.1 Å². The number of carbonyl (C=O) groups is 1. The number of hydrogen-bond donors (Lipinski definition) is 2. The molecule has 0 aliphatic rings. The zero-order valence-electron chi connectivity index (χ0n) is 9.75. The number of halogens is 1. The highest BCUT2D eigenvalue weighted by Crippen LogP contribution is 2.12. The minimum absolute atomic E-state index is 0.0701. The number of hydrogen-bond acceptors (Lipinski definition) is 2. The second-order valence-electron chi connectivity index (χ2n) is 3.79. The Kier molecular flexibility index (Phi) is 4.43. The molecule has 0 saturated carbocycles. The van der Waals surface area contributed by atoms with Gasteiger partial charge in [0.1, 0.15) is 5.82 Å². The molecule has 88 valence electrons. The smallest absolute Gasteiger partial charge is 0.237 e. The van der Waals surface area contributed by atoms with Crippen LogP contribution >= 0.6 is 0 Å². The first kappa shape index (κ1) is 12.6. The Morgan fingerprint density at radius 3 is 2.31 bits per heavy atom. The third-order valence-corrected chi connectivity index (χ3v) is 2.56. The van der Waals surface area contributed by atoms with Gasteiger partial charge in [-0.25, -0.2) is 4.39 Å². The van der Waals surface area contributed by atoms with Gasteiger partial charge in [0.05, 0.1) is 12.1 Å². The number of benzene rings is 1. The van der Waals surface area contributed by atoms with Crippen LogP contribution in [0.5, 0.6) is 0 Å². The van der Waals surface area contributed by atoms with Gasteiger partial charge in [0.25, 0.3) is 0 Å². The van der Waals surface area contributed by atoms with E-state index in [1.165, 1.54) is 12.1 Å². The van der Waals surface area contributed by atoms with Crippen LogP contribution in [0.25, 0.3) is 0 Å². The maximum absolute atomic E-state index is 12.7. The van der Waals surface area contributed by atoms with Crippen molar-refractivity contribution in [1.82, 2.24) is 10.6 Å². The van der Waals surface area contributed by atoms with Crippen molar-refractivity contribution in [3.8, 4) is 0 Å². The highest BCUT2D eigenvalue weighted by molar-refractivity contribution is 5.81. The van der Waals surface area contributed by atoms with Crippen molar-refractivity contribution in [3.05, 3.63) is 35.6 Å². The summed E-state index contributed by atoms with van der Waals surface area (Å²) in [6, 6.07) is 5.76. The average molecular weight is 224 g/mol. The van der Waals surface area contributed by atoms with Crippen LogP contribution in [0.2, 0.25) is 0 Å². The molecule has 16 heavy (non-hydrogen) atoms. The first-order valence-corrected chi connectivity index (χ1v) is 5.27. The number of amides is 1. The largest absolute Gasteiger partial charge is 0.348 e. The SMILES string of the molecule is CNC(C)C(=O)N[C@H](C)c1ccc(F)cc1. The normalized spacial score (nSPS) is 14.2. The fourth-order valence-corrected chi connectivity index (χ4v) is 1.30. The number of carbonyl (C=O) groups excluding carboxylic acids is 1. The Morgan fingerprint density at radius 1 is 1.25 bits per heavy atom. The zero-order chi connectivity index (χ0) is 12.1. The van der Waals surface area contributed by atoms with Crippen LogP contribution in [0.1, 0.15) is 25.5 Å². The molecule has 1 aromatic rings. The minimum atomic E-state index is -0.272.